The molecule has 0 amide bonds. The summed E-state index contributed by atoms with van der Waals surface area (Å²) in [4.78, 5) is 22.9. The molecule has 4 heteroatoms. The Bertz CT molecular complexity index is 732. The highest BCUT2D eigenvalue weighted by atomic mass is 28.4. The van der Waals surface area contributed by atoms with Gasteiger partial charge in [0, 0.05) is 17.9 Å². The molecule has 0 aromatic carbocycles. The minimum Gasteiger partial charge on any atom is -0.413 e. The van der Waals surface area contributed by atoms with E-state index in [1.54, 1.807) is 6.08 Å². The lowest BCUT2D eigenvalue weighted by molar-refractivity contribution is -0.111. The monoisotopic (exact) mass is 456 g/mol. The Balaban J connectivity index is 2.87. The summed E-state index contributed by atoms with van der Waals surface area (Å²) in [6, 6.07) is 0. The van der Waals surface area contributed by atoms with E-state index >= 15 is 0 Å². The zero-order valence-electron chi connectivity index (χ0n) is 21.1. The van der Waals surface area contributed by atoms with Gasteiger partial charge in [-0.3, -0.25) is 4.79 Å². The molecule has 32 heavy (non-hydrogen) atoms. The molecule has 0 aromatic rings. The summed E-state index contributed by atoms with van der Waals surface area (Å²) in [5, 5.41) is 0.144. The molecule has 1 rings (SSSR count). The van der Waals surface area contributed by atoms with Crippen molar-refractivity contribution in [2.45, 2.75) is 96.9 Å². The van der Waals surface area contributed by atoms with Gasteiger partial charge in [0.15, 0.2) is 14.1 Å². The standard InChI is InChI=1S/C28H44O3Si/c1-7-8-9-10-11-15-18-25(31-32(5,6)28(2,3)4)20-21-26-24(19-22-27(26)30)17-14-12-13-16-23-29/h8-9,11-12,14-15,19,21-25H,7,10,13,16-18,20H2,1-6H3/b9-8-,14-12-,15-11-,26-21+/t24-,25-/m0/s1. The number of aldehydes is 1. The molecule has 0 aromatic heterocycles. The third-order valence-electron chi connectivity index (χ3n) is 6.28. The van der Waals surface area contributed by atoms with Crippen LogP contribution in [0.1, 0.15) is 72.6 Å². The number of carbonyl (C=O) groups is 2. The van der Waals surface area contributed by atoms with Crippen molar-refractivity contribution < 1.29 is 14.0 Å². The Morgan fingerprint density at radius 3 is 2.41 bits per heavy atom. The van der Waals surface area contributed by atoms with Crippen molar-refractivity contribution in [3.63, 3.8) is 0 Å². The van der Waals surface area contributed by atoms with Gasteiger partial charge in [-0.25, -0.2) is 0 Å². The Labute approximate surface area is 197 Å². The molecule has 3 nitrogen and oxygen atoms in total. The molecule has 0 spiro atoms. The summed E-state index contributed by atoms with van der Waals surface area (Å²) in [5.74, 6) is 0.237. The Kier molecular flexibility index (Phi) is 12.7. The van der Waals surface area contributed by atoms with Crippen LogP contribution in [0.15, 0.2) is 60.3 Å². The molecule has 0 bridgehead atoms. The molecule has 2 atom stereocenters. The van der Waals surface area contributed by atoms with Crippen LogP contribution in [-0.2, 0) is 14.0 Å². The quantitative estimate of drug-likeness (QED) is 0.0885. The summed E-state index contributed by atoms with van der Waals surface area (Å²) >= 11 is 0. The van der Waals surface area contributed by atoms with Crippen LogP contribution in [-0.4, -0.2) is 26.5 Å². The van der Waals surface area contributed by atoms with Crippen molar-refractivity contribution in [3.05, 3.63) is 60.3 Å². The van der Waals surface area contributed by atoms with Crippen LogP contribution in [0.5, 0.6) is 0 Å². The Hall–Kier alpha value is -1.78. The first-order valence-corrected chi connectivity index (χ1v) is 15.0. The molecule has 0 radical (unpaired) electrons. The van der Waals surface area contributed by atoms with Crippen LogP contribution in [0.2, 0.25) is 18.1 Å². The smallest absolute Gasteiger partial charge is 0.192 e. The molecule has 0 heterocycles. The molecular weight excluding hydrogens is 412 g/mol. The van der Waals surface area contributed by atoms with E-state index in [4.69, 9.17) is 4.43 Å². The van der Waals surface area contributed by atoms with E-state index < -0.39 is 8.32 Å². The zero-order valence-corrected chi connectivity index (χ0v) is 22.1. The molecule has 1 aliphatic carbocycles. The molecule has 0 saturated carbocycles. The lowest BCUT2D eigenvalue weighted by atomic mass is 9.96. The van der Waals surface area contributed by atoms with E-state index in [0.29, 0.717) is 6.42 Å². The highest BCUT2D eigenvalue weighted by molar-refractivity contribution is 6.74. The second kappa shape index (κ2) is 14.4. The highest BCUT2D eigenvalue weighted by Crippen LogP contribution is 2.38. The van der Waals surface area contributed by atoms with Gasteiger partial charge in [0.25, 0.3) is 0 Å². The van der Waals surface area contributed by atoms with Gasteiger partial charge in [0.05, 0.1) is 6.10 Å². The summed E-state index contributed by atoms with van der Waals surface area (Å²) in [7, 11) is -1.91. The first-order chi connectivity index (χ1) is 15.1. The minimum atomic E-state index is -1.91. The van der Waals surface area contributed by atoms with Gasteiger partial charge in [-0.2, -0.15) is 0 Å². The van der Waals surface area contributed by atoms with Gasteiger partial charge < -0.3 is 9.22 Å². The minimum absolute atomic E-state index is 0.0759. The Morgan fingerprint density at radius 1 is 1.03 bits per heavy atom. The average molecular weight is 457 g/mol. The van der Waals surface area contributed by atoms with E-state index in [1.165, 1.54) is 0 Å². The maximum Gasteiger partial charge on any atom is 0.192 e. The second-order valence-corrected chi connectivity index (χ2v) is 14.8. The summed E-state index contributed by atoms with van der Waals surface area (Å²) in [6.45, 7) is 13.5. The van der Waals surface area contributed by atoms with Crippen molar-refractivity contribution >= 4 is 20.4 Å². The molecule has 0 unspecified atom stereocenters. The first-order valence-electron chi connectivity index (χ1n) is 12.1. The summed E-state index contributed by atoms with van der Waals surface area (Å²) < 4.78 is 6.73. The van der Waals surface area contributed by atoms with Crippen molar-refractivity contribution in [3.8, 4) is 0 Å². The van der Waals surface area contributed by atoms with Gasteiger partial charge >= 0.3 is 0 Å². The maximum absolute atomic E-state index is 12.5. The molecular formula is C28H44O3Si. The first kappa shape index (κ1) is 28.2. The van der Waals surface area contributed by atoms with Crippen molar-refractivity contribution in [2.24, 2.45) is 5.92 Å². The van der Waals surface area contributed by atoms with Gasteiger partial charge in [0.2, 0.25) is 0 Å². The predicted octanol–water partition coefficient (Wildman–Crippen LogP) is 7.68. The number of carbonyl (C=O) groups excluding carboxylic acids is 2. The lowest BCUT2D eigenvalue weighted by Gasteiger charge is -2.39. The van der Waals surface area contributed by atoms with E-state index in [0.717, 1.165) is 50.4 Å². The van der Waals surface area contributed by atoms with E-state index in [9.17, 15) is 9.59 Å². The normalized spacial score (nSPS) is 19.9. The van der Waals surface area contributed by atoms with Gasteiger partial charge in [0.1, 0.15) is 6.29 Å². The fourth-order valence-corrected chi connectivity index (χ4v) is 4.68. The predicted molar refractivity (Wildman–Crippen MR) is 139 cm³/mol. The lowest BCUT2D eigenvalue weighted by Crippen LogP contribution is -2.43. The van der Waals surface area contributed by atoms with Crippen LogP contribution in [0, 0.1) is 5.92 Å². The molecule has 1 aliphatic rings. The van der Waals surface area contributed by atoms with E-state index in [2.05, 4.69) is 77.2 Å². The number of unbranched alkanes of at least 4 members (excludes halogenated alkanes) is 1. The molecule has 0 N–H and O–H groups in total. The number of hydrogen-bond donors (Lipinski definition) is 0. The Morgan fingerprint density at radius 2 is 1.75 bits per heavy atom. The summed E-state index contributed by atoms with van der Waals surface area (Å²) in [5.41, 5.74) is 0.878. The van der Waals surface area contributed by atoms with Crippen LogP contribution < -0.4 is 0 Å². The zero-order chi connectivity index (χ0) is 24.0. The third kappa shape index (κ3) is 10.2. The van der Waals surface area contributed by atoms with E-state index in [-0.39, 0.29) is 22.8 Å². The van der Waals surface area contributed by atoms with Crippen LogP contribution in [0.4, 0.5) is 0 Å². The number of hydrogen-bond acceptors (Lipinski definition) is 3. The fraction of sp³-hybridized carbons (Fsp3) is 0.571. The van der Waals surface area contributed by atoms with Gasteiger partial charge in [-0.05, 0) is 62.7 Å². The molecule has 0 aliphatic heterocycles. The highest BCUT2D eigenvalue weighted by Gasteiger charge is 2.38. The number of allylic oxidation sites excluding steroid dienone is 8. The van der Waals surface area contributed by atoms with Gasteiger partial charge in [-0.1, -0.05) is 76.3 Å². The van der Waals surface area contributed by atoms with Crippen molar-refractivity contribution in [2.75, 3.05) is 0 Å². The number of ketones is 1. The summed E-state index contributed by atoms with van der Waals surface area (Å²) in [6.07, 6.45) is 25.4. The molecule has 0 fully saturated rings. The number of rotatable bonds is 14. The van der Waals surface area contributed by atoms with Crippen LogP contribution >= 0.6 is 0 Å². The van der Waals surface area contributed by atoms with Crippen molar-refractivity contribution in [1.29, 1.82) is 0 Å². The van der Waals surface area contributed by atoms with Gasteiger partial charge in [-0.15, -0.1) is 0 Å². The van der Waals surface area contributed by atoms with Crippen molar-refractivity contribution in [1.82, 2.24) is 0 Å². The molecule has 0 saturated heterocycles. The maximum atomic E-state index is 12.5. The average Bonchev–Trinajstić information content (AvgIpc) is 3.06. The van der Waals surface area contributed by atoms with E-state index in [1.807, 2.05) is 12.2 Å². The largest absolute Gasteiger partial charge is 0.413 e. The SMILES string of the molecule is CC/C=C\C/C=C\C[C@@H](C/C=C1/C(=O)C=C[C@@H]1C/C=C\CCC=O)O[Si](C)(C)C(C)(C)C. The molecule has 178 valence electrons. The van der Waals surface area contributed by atoms with Crippen LogP contribution in [0.3, 0.4) is 0 Å². The third-order valence-corrected chi connectivity index (χ3v) is 10.8. The fourth-order valence-electron chi connectivity index (χ4n) is 3.30. The van der Waals surface area contributed by atoms with Crippen LogP contribution in [0.25, 0.3) is 0 Å². The topological polar surface area (TPSA) is 43.4 Å². The second-order valence-electron chi connectivity index (χ2n) is 10.00.